The monoisotopic (exact) mass is 533 g/mol. The van der Waals surface area contributed by atoms with E-state index in [1.807, 2.05) is 24.3 Å². The smallest absolute Gasteiger partial charge is 0.240 e. The van der Waals surface area contributed by atoms with E-state index in [1.54, 1.807) is 59.8 Å². The lowest BCUT2D eigenvalue weighted by Gasteiger charge is -2.33. The van der Waals surface area contributed by atoms with Gasteiger partial charge in [0.25, 0.3) is 0 Å². The normalized spacial score (nSPS) is 24.8. The first-order valence-corrected chi connectivity index (χ1v) is 12.0. The Hall–Kier alpha value is -3.29. The largest absolute Gasteiger partial charge is 0.292 e. The Morgan fingerprint density at radius 3 is 2.29 bits per heavy atom. The second kappa shape index (κ2) is 7.89. The van der Waals surface area contributed by atoms with Crippen molar-refractivity contribution in [2.75, 3.05) is 4.90 Å². The van der Waals surface area contributed by atoms with Crippen molar-refractivity contribution < 1.29 is 14.4 Å². The van der Waals surface area contributed by atoms with Crippen LogP contribution in [0.25, 0.3) is 0 Å². The van der Waals surface area contributed by atoms with Crippen LogP contribution in [-0.4, -0.2) is 34.9 Å². The van der Waals surface area contributed by atoms with E-state index in [2.05, 4.69) is 21.0 Å². The number of amides is 2. The first-order valence-electron chi connectivity index (χ1n) is 10.8. The number of benzene rings is 3. The number of carbonyl (C=O) groups excluding carboxylic acids is 3. The Labute approximate surface area is 208 Å². The highest BCUT2D eigenvalue weighted by Gasteiger charge is 2.65. The third-order valence-electron chi connectivity index (χ3n) is 6.78. The summed E-state index contributed by atoms with van der Waals surface area (Å²) in [4.78, 5) is 42.5. The van der Waals surface area contributed by atoms with Crippen molar-refractivity contribution in [2.45, 2.75) is 12.1 Å². The maximum atomic E-state index is 13.8. The fourth-order valence-corrected chi connectivity index (χ4v) is 5.69. The molecule has 2 amide bonds. The predicted octanol–water partition coefficient (Wildman–Crippen LogP) is 4.86. The number of Topliss-reactive ketones (excluding diaryl/α,β-unsaturated/α-hetero) is 1. The minimum atomic E-state index is -0.905. The SMILES string of the molecule is O=C(c1ccc(Cl)cc1)[C@H]1[C@H]2C(=O)N(c3ccc(Br)cc3)C(=O)[C@@H]2[C@@H]2c3ccccc3C=NN12. The van der Waals surface area contributed by atoms with E-state index in [1.165, 1.54) is 4.90 Å². The van der Waals surface area contributed by atoms with Gasteiger partial charge in [0.15, 0.2) is 5.78 Å². The molecule has 6 rings (SSSR count). The predicted molar refractivity (Wildman–Crippen MR) is 132 cm³/mol. The van der Waals surface area contributed by atoms with Crippen LogP contribution in [0.3, 0.4) is 0 Å². The molecule has 2 fully saturated rings. The first kappa shape index (κ1) is 21.3. The summed E-state index contributed by atoms with van der Waals surface area (Å²) in [6, 6.07) is 19.8. The number of imide groups is 1. The lowest BCUT2D eigenvalue weighted by atomic mass is 9.83. The second-order valence-electron chi connectivity index (χ2n) is 8.55. The zero-order chi connectivity index (χ0) is 23.6. The summed E-state index contributed by atoms with van der Waals surface area (Å²) in [5, 5.41) is 6.74. The van der Waals surface area contributed by atoms with Gasteiger partial charge in [-0.3, -0.25) is 19.4 Å². The topological polar surface area (TPSA) is 70.0 Å². The standard InChI is InChI=1S/C26H17BrClN3O3/c27-16-7-11-18(12-8-16)30-25(33)20-21(26(30)34)23(24(32)14-5-9-17(28)10-6-14)31-22(20)19-4-2-1-3-15(19)13-29-31/h1-13,20-23H/t20-,21-,22-,23+/m0/s1. The zero-order valence-electron chi connectivity index (χ0n) is 17.6. The van der Waals surface area contributed by atoms with E-state index < -0.39 is 23.9 Å². The van der Waals surface area contributed by atoms with Crippen LogP contribution in [0.15, 0.2) is 82.4 Å². The van der Waals surface area contributed by atoms with Gasteiger partial charge < -0.3 is 0 Å². The van der Waals surface area contributed by atoms with Gasteiger partial charge in [-0.1, -0.05) is 51.8 Å². The number of rotatable bonds is 3. The van der Waals surface area contributed by atoms with E-state index in [-0.39, 0.29) is 17.6 Å². The van der Waals surface area contributed by atoms with Crippen molar-refractivity contribution in [3.63, 3.8) is 0 Å². The molecule has 2 saturated heterocycles. The summed E-state index contributed by atoms with van der Waals surface area (Å²) < 4.78 is 0.841. The van der Waals surface area contributed by atoms with Crippen LogP contribution in [0.1, 0.15) is 27.5 Å². The molecule has 34 heavy (non-hydrogen) atoms. The van der Waals surface area contributed by atoms with Crippen molar-refractivity contribution in [1.82, 2.24) is 5.01 Å². The van der Waals surface area contributed by atoms with Gasteiger partial charge in [0.2, 0.25) is 11.8 Å². The van der Waals surface area contributed by atoms with Crippen LogP contribution in [0, 0.1) is 11.8 Å². The molecule has 0 saturated carbocycles. The molecule has 3 aliphatic rings. The Morgan fingerprint density at radius 1 is 0.882 bits per heavy atom. The van der Waals surface area contributed by atoms with Crippen LogP contribution >= 0.6 is 27.5 Å². The third-order valence-corrected chi connectivity index (χ3v) is 7.56. The molecule has 3 aliphatic heterocycles. The van der Waals surface area contributed by atoms with Crippen molar-refractivity contribution in [2.24, 2.45) is 16.9 Å². The summed E-state index contributed by atoms with van der Waals surface area (Å²) in [5.41, 5.74) is 2.68. The highest BCUT2D eigenvalue weighted by Crippen LogP contribution is 2.53. The van der Waals surface area contributed by atoms with Crippen molar-refractivity contribution >= 4 is 57.0 Å². The number of hydrogen-bond acceptors (Lipinski definition) is 5. The molecule has 0 radical (unpaired) electrons. The number of fused-ring (bicyclic) bond motifs is 5. The van der Waals surface area contributed by atoms with Crippen molar-refractivity contribution in [1.29, 1.82) is 0 Å². The average molecular weight is 535 g/mol. The molecule has 3 heterocycles. The average Bonchev–Trinajstić information content (AvgIpc) is 3.32. The molecule has 0 aliphatic carbocycles. The molecule has 4 atom stereocenters. The number of nitrogens with zero attached hydrogens (tertiary/aromatic N) is 3. The Kier molecular flexibility index (Phi) is 4.93. The van der Waals surface area contributed by atoms with E-state index in [9.17, 15) is 14.4 Å². The minimum Gasteiger partial charge on any atom is -0.292 e. The van der Waals surface area contributed by atoms with Gasteiger partial charge in [0.05, 0.1) is 29.8 Å². The zero-order valence-corrected chi connectivity index (χ0v) is 20.0. The van der Waals surface area contributed by atoms with Gasteiger partial charge in [-0.25, -0.2) is 4.90 Å². The van der Waals surface area contributed by atoms with Gasteiger partial charge in [-0.15, -0.1) is 0 Å². The van der Waals surface area contributed by atoms with E-state index in [0.29, 0.717) is 16.3 Å². The van der Waals surface area contributed by atoms with E-state index in [4.69, 9.17) is 11.6 Å². The third kappa shape index (κ3) is 3.07. The quantitative estimate of drug-likeness (QED) is 0.355. The van der Waals surface area contributed by atoms with Gasteiger partial charge in [0.1, 0.15) is 6.04 Å². The highest BCUT2D eigenvalue weighted by atomic mass is 79.9. The summed E-state index contributed by atoms with van der Waals surface area (Å²) in [7, 11) is 0. The molecule has 168 valence electrons. The fraction of sp³-hybridized carbons (Fsp3) is 0.154. The van der Waals surface area contributed by atoms with Crippen LogP contribution in [0.4, 0.5) is 5.69 Å². The maximum absolute atomic E-state index is 13.8. The molecule has 8 heteroatoms. The van der Waals surface area contributed by atoms with Crippen LogP contribution in [0.2, 0.25) is 5.02 Å². The van der Waals surface area contributed by atoms with Crippen molar-refractivity contribution in [3.05, 3.63) is 99.0 Å². The van der Waals surface area contributed by atoms with Crippen LogP contribution < -0.4 is 4.90 Å². The number of hydrazone groups is 1. The van der Waals surface area contributed by atoms with Crippen LogP contribution in [-0.2, 0) is 9.59 Å². The molecule has 3 aromatic rings. The van der Waals surface area contributed by atoms with Crippen molar-refractivity contribution in [3.8, 4) is 0 Å². The van der Waals surface area contributed by atoms with Gasteiger partial charge in [-0.2, -0.15) is 5.10 Å². The molecule has 0 N–H and O–H groups in total. The van der Waals surface area contributed by atoms with Gasteiger partial charge >= 0.3 is 0 Å². The molecule has 0 bridgehead atoms. The molecule has 0 spiro atoms. The first-order chi connectivity index (χ1) is 16.5. The molecule has 0 aromatic heterocycles. The Morgan fingerprint density at radius 2 is 1.56 bits per heavy atom. The summed E-state index contributed by atoms with van der Waals surface area (Å²) in [6.45, 7) is 0. The molecule has 3 aromatic carbocycles. The fourth-order valence-electron chi connectivity index (χ4n) is 5.30. The molecule has 0 unspecified atom stereocenters. The van der Waals surface area contributed by atoms with Gasteiger partial charge in [0, 0.05) is 15.1 Å². The number of halogens is 2. The number of anilines is 1. The molecule has 6 nitrogen and oxygen atoms in total. The maximum Gasteiger partial charge on any atom is 0.240 e. The van der Waals surface area contributed by atoms with Crippen LogP contribution in [0.5, 0.6) is 0 Å². The lowest BCUT2D eigenvalue weighted by Crippen LogP contribution is -2.44. The van der Waals surface area contributed by atoms with E-state index in [0.717, 1.165) is 15.6 Å². The lowest BCUT2D eigenvalue weighted by molar-refractivity contribution is -0.124. The second-order valence-corrected chi connectivity index (χ2v) is 9.91. The summed E-state index contributed by atoms with van der Waals surface area (Å²) in [6.07, 6.45) is 1.69. The molecular formula is C26H17BrClN3O3. The van der Waals surface area contributed by atoms with Gasteiger partial charge in [-0.05, 0) is 59.7 Å². The number of hydrogen-bond donors (Lipinski definition) is 0. The Bertz CT molecular complexity index is 1370. The molecular weight excluding hydrogens is 518 g/mol. The summed E-state index contributed by atoms with van der Waals surface area (Å²) >= 11 is 9.41. The highest BCUT2D eigenvalue weighted by molar-refractivity contribution is 9.10. The summed E-state index contributed by atoms with van der Waals surface area (Å²) in [5.74, 6) is -2.54. The Balaban J connectivity index is 1.49. The minimum absolute atomic E-state index is 0.260. The van der Waals surface area contributed by atoms with E-state index >= 15 is 0 Å². The number of carbonyl (C=O) groups is 3. The number of ketones is 1.